The molecule has 2 aromatic rings. The monoisotopic (exact) mass is 345 g/mol. The lowest BCUT2D eigenvalue weighted by Gasteiger charge is -2.30. The van der Waals surface area contributed by atoms with Crippen LogP contribution in [0.25, 0.3) is 5.70 Å². The Bertz CT molecular complexity index is 742. The minimum Gasteiger partial charge on any atom is -0.463 e. The molecule has 0 fully saturated rings. The molecule has 2 aromatic heterocycles. The number of carbonyl (C=O) groups excluding carboxylic acids is 1. The zero-order valence-corrected chi connectivity index (χ0v) is 14.0. The summed E-state index contributed by atoms with van der Waals surface area (Å²) in [7, 11) is 0. The Morgan fingerprint density at radius 2 is 2.30 bits per heavy atom. The van der Waals surface area contributed by atoms with Crippen LogP contribution in [-0.4, -0.2) is 22.7 Å². The third-order valence-electron chi connectivity index (χ3n) is 3.35. The van der Waals surface area contributed by atoms with E-state index in [0.717, 1.165) is 10.4 Å². The van der Waals surface area contributed by atoms with Crippen molar-refractivity contribution in [3.63, 3.8) is 0 Å². The van der Waals surface area contributed by atoms with E-state index in [1.54, 1.807) is 30.7 Å². The van der Waals surface area contributed by atoms with Gasteiger partial charge >= 0.3 is 5.97 Å². The van der Waals surface area contributed by atoms with Gasteiger partial charge in [-0.15, -0.1) is 11.3 Å². The normalized spacial score (nSPS) is 17.4. The average Bonchev–Trinajstić information content (AvgIpc) is 3.09. The number of hydrogen-bond acceptors (Lipinski definition) is 5. The fourth-order valence-corrected chi connectivity index (χ4v) is 3.40. The number of carbonyl (C=O) groups is 1. The molecule has 0 spiro atoms. The van der Waals surface area contributed by atoms with Gasteiger partial charge in [-0.05, 0) is 42.7 Å². The number of nitrogens with one attached hydrogen (secondary N) is 2. The van der Waals surface area contributed by atoms with Crippen LogP contribution >= 0.6 is 23.6 Å². The van der Waals surface area contributed by atoms with Crippen molar-refractivity contribution >= 4 is 40.3 Å². The number of rotatable bonds is 4. The highest BCUT2D eigenvalue weighted by Gasteiger charge is 2.33. The van der Waals surface area contributed by atoms with Gasteiger partial charge in [-0.2, -0.15) is 0 Å². The van der Waals surface area contributed by atoms with Crippen LogP contribution in [0.15, 0.2) is 47.6 Å². The largest absolute Gasteiger partial charge is 0.463 e. The summed E-state index contributed by atoms with van der Waals surface area (Å²) in [4.78, 5) is 17.7. The van der Waals surface area contributed by atoms with Crippen LogP contribution in [0.1, 0.15) is 23.4 Å². The van der Waals surface area contributed by atoms with E-state index in [0.29, 0.717) is 23.0 Å². The van der Waals surface area contributed by atoms with E-state index in [1.807, 2.05) is 29.6 Å². The van der Waals surface area contributed by atoms with Crippen molar-refractivity contribution in [3.05, 3.63) is 58.1 Å². The van der Waals surface area contributed by atoms with Gasteiger partial charge in [-0.25, -0.2) is 4.79 Å². The topological polar surface area (TPSA) is 63.2 Å². The summed E-state index contributed by atoms with van der Waals surface area (Å²) in [6, 6.07) is 7.28. The summed E-state index contributed by atoms with van der Waals surface area (Å²) in [6.45, 7) is 2.10. The lowest BCUT2D eigenvalue weighted by Crippen LogP contribution is -2.45. The highest BCUT2D eigenvalue weighted by atomic mass is 32.1. The molecule has 3 rings (SSSR count). The van der Waals surface area contributed by atoms with E-state index < -0.39 is 0 Å². The molecule has 0 saturated heterocycles. The zero-order valence-electron chi connectivity index (χ0n) is 12.4. The van der Waals surface area contributed by atoms with E-state index in [2.05, 4.69) is 15.6 Å². The molecule has 3 heterocycles. The molecule has 7 heteroatoms. The fraction of sp³-hybridized carbons (Fsp3) is 0.188. The summed E-state index contributed by atoms with van der Waals surface area (Å²) in [5.41, 5.74) is 1.94. The van der Waals surface area contributed by atoms with Crippen LogP contribution in [0.4, 0.5) is 0 Å². The maximum absolute atomic E-state index is 12.6. The van der Waals surface area contributed by atoms with Crippen molar-refractivity contribution in [2.45, 2.75) is 13.0 Å². The van der Waals surface area contributed by atoms with Gasteiger partial charge in [0.05, 0.1) is 23.9 Å². The lowest BCUT2D eigenvalue weighted by atomic mass is 9.98. The van der Waals surface area contributed by atoms with Gasteiger partial charge in [-0.1, -0.05) is 6.07 Å². The smallest absolute Gasteiger partial charge is 0.338 e. The van der Waals surface area contributed by atoms with E-state index in [4.69, 9.17) is 17.0 Å². The maximum Gasteiger partial charge on any atom is 0.338 e. The summed E-state index contributed by atoms with van der Waals surface area (Å²) >= 11 is 6.87. The van der Waals surface area contributed by atoms with Crippen molar-refractivity contribution in [2.24, 2.45) is 0 Å². The highest BCUT2D eigenvalue weighted by molar-refractivity contribution is 7.80. The first-order valence-electron chi connectivity index (χ1n) is 7.13. The van der Waals surface area contributed by atoms with Crippen LogP contribution < -0.4 is 10.6 Å². The third kappa shape index (κ3) is 3.25. The number of aromatic nitrogens is 1. The molecular weight excluding hydrogens is 330 g/mol. The number of thiophene rings is 1. The first-order valence-corrected chi connectivity index (χ1v) is 8.42. The number of ether oxygens (including phenoxy) is 1. The van der Waals surface area contributed by atoms with E-state index >= 15 is 0 Å². The lowest BCUT2D eigenvalue weighted by molar-refractivity contribution is -0.138. The fourth-order valence-electron chi connectivity index (χ4n) is 2.40. The molecule has 5 nitrogen and oxygen atoms in total. The molecule has 0 saturated carbocycles. The molecule has 0 aromatic carbocycles. The molecule has 2 N–H and O–H groups in total. The first kappa shape index (κ1) is 15.6. The average molecular weight is 345 g/mol. The molecule has 1 unspecified atom stereocenters. The Labute approximate surface area is 143 Å². The van der Waals surface area contributed by atoms with E-state index in [9.17, 15) is 4.79 Å². The van der Waals surface area contributed by atoms with Crippen molar-refractivity contribution in [1.29, 1.82) is 0 Å². The van der Waals surface area contributed by atoms with Gasteiger partial charge < -0.3 is 15.4 Å². The van der Waals surface area contributed by atoms with Crippen molar-refractivity contribution < 1.29 is 9.53 Å². The van der Waals surface area contributed by atoms with Gasteiger partial charge in [0.1, 0.15) is 0 Å². The molecular formula is C16H15N3O2S2. The van der Waals surface area contributed by atoms with E-state index in [-0.39, 0.29) is 12.0 Å². The van der Waals surface area contributed by atoms with Crippen molar-refractivity contribution in [1.82, 2.24) is 15.6 Å². The molecule has 0 amide bonds. The maximum atomic E-state index is 12.6. The summed E-state index contributed by atoms with van der Waals surface area (Å²) in [6.07, 6.45) is 3.38. The number of nitrogens with zero attached hydrogens (tertiary/aromatic N) is 1. The molecule has 0 radical (unpaired) electrons. The standard InChI is InChI=1S/C16H15N3O2S2/c1-2-21-15(20)12-13(10-5-3-7-17-9-10)18-16(22)19-14(12)11-6-4-8-23-11/h3-9,14H,2H2,1H3,(H2,18,19,22). The number of thiocarbonyl (C=S) groups is 1. The molecule has 118 valence electrons. The second-order valence-electron chi connectivity index (χ2n) is 4.80. The predicted molar refractivity (Wildman–Crippen MR) is 93.7 cm³/mol. The first-order chi connectivity index (χ1) is 11.2. The van der Waals surface area contributed by atoms with Crippen molar-refractivity contribution in [3.8, 4) is 0 Å². The molecule has 1 atom stereocenters. The molecule has 0 bridgehead atoms. The minimum absolute atomic E-state index is 0.310. The molecule has 23 heavy (non-hydrogen) atoms. The van der Waals surface area contributed by atoms with Crippen LogP contribution in [0, 0.1) is 0 Å². The van der Waals surface area contributed by atoms with Gasteiger partial charge in [0.15, 0.2) is 5.11 Å². The predicted octanol–water partition coefficient (Wildman–Crippen LogP) is 2.64. The third-order valence-corrected chi connectivity index (χ3v) is 4.50. The summed E-state index contributed by atoms with van der Waals surface area (Å²) in [5.74, 6) is -0.368. The molecule has 1 aliphatic rings. The Balaban J connectivity index is 2.15. The quantitative estimate of drug-likeness (QED) is 0.656. The Kier molecular flexibility index (Phi) is 4.68. The number of hydrogen-bond donors (Lipinski definition) is 2. The minimum atomic E-state index is -0.368. The van der Waals surface area contributed by atoms with Crippen molar-refractivity contribution in [2.75, 3.05) is 6.61 Å². The summed E-state index contributed by atoms with van der Waals surface area (Å²) in [5, 5.41) is 8.67. The molecule has 0 aliphatic carbocycles. The number of pyridine rings is 1. The van der Waals surface area contributed by atoms with E-state index in [1.165, 1.54) is 0 Å². The van der Waals surface area contributed by atoms with Crippen LogP contribution in [0.2, 0.25) is 0 Å². The van der Waals surface area contributed by atoms with Gasteiger partial charge in [0, 0.05) is 22.8 Å². The SMILES string of the molecule is CCOC(=O)C1=C(c2cccnc2)NC(=S)NC1c1cccs1. The number of esters is 1. The molecule has 1 aliphatic heterocycles. The van der Waals surface area contributed by atoms with Gasteiger partial charge in [0.2, 0.25) is 0 Å². The Morgan fingerprint density at radius 1 is 1.43 bits per heavy atom. The Morgan fingerprint density at radius 3 is 2.96 bits per heavy atom. The van der Waals surface area contributed by atoms with Crippen LogP contribution in [0.3, 0.4) is 0 Å². The van der Waals surface area contributed by atoms with Gasteiger partial charge in [0.25, 0.3) is 0 Å². The highest BCUT2D eigenvalue weighted by Crippen LogP contribution is 2.33. The Hall–Kier alpha value is -2.25. The second kappa shape index (κ2) is 6.89. The van der Waals surface area contributed by atoms with Crippen LogP contribution in [-0.2, 0) is 9.53 Å². The van der Waals surface area contributed by atoms with Gasteiger partial charge in [-0.3, -0.25) is 4.98 Å². The van der Waals surface area contributed by atoms with Crippen LogP contribution in [0.5, 0.6) is 0 Å². The zero-order chi connectivity index (χ0) is 16.2. The summed E-state index contributed by atoms with van der Waals surface area (Å²) < 4.78 is 5.26. The second-order valence-corrected chi connectivity index (χ2v) is 6.19.